The first kappa shape index (κ1) is 31.3. The van der Waals surface area contributed by atoms with Crippen LogP contribution in [0.15, 0.2) is 267 Å². The summed E-state index contributed by atoms with van der Waals surface area (Å²) < 4.78 is 86.9. The molecule has 2 nitrogen and oxygen atoms in total. The van der Waals surface area contributed by atoms with Crippen molar-refractivity contribution >= 4 is 105 Å². The minimum Gasteiger partial charge on any atom is -0.309 e. The van der Waals surface area contributed by atoms with Crippen LogP contribution in [0.25, 0.3) is 98.4 Å². The molecule has 0 saturated heterocycles. The molecular weight excluding hydrogens is 849 g/mol. The molecule has 0 atom stereocenters. The van der Waals surface area contributed by atoms with Crippen molar-refractivity contribution < 1.29 is 12.3 Å². The van der Waals surface area contributed by atoms with Gasteiger partial charge in [0.2, 0.25) is 0 Å². The van der Waals surface area contributed by atoms with Crippen LogP contribution in [0.5, 0.6) is 0 Å². The molecule has 14 aromatic rings. The van der Waals surface area contributed by atoms with E-state index in [1.54, 1.807) is 0 Å². The van der Waals surface area contributed by atoms with Crippen molar-refractivity contribution in [1.29, 1.82) is 0 Å². The molecule has 0 bridgehead atoms. The van der Waals surface area contributed by atoms with Crippen molar-refractivity contribution in [1.82, 2.24) is 9.13 Å². The van der Waals surface area contributed by atoms with E-state index in [4.69, 9.17) is 6.85 Å². The summed E-state index contributed by atoms with van der Waals surface area (Å²) in [7, 11) is -3.92. The van der Waals surface area contributed by atoms with Crippen LogP contribution in [0.1, 0.15) is 12.3 Å². The van der Waals surface area contributed by atoms with E-state index in [0.717, 1.165) is 75.9 Å². The molecule has 0 saturated carbocycles. The van der Waals surface area contributed by atoms with E-state index in [0.29, 0.717) is 0 Å². The fourth-order valence-corrected chi connectivity index (χ4v) is 15.8. The van der Waals surface area contributed by atoms with Crippen LogP contribution in [0.2, 0.25) is 0 Å². The molecule has 2 aromatic heterocycles. The number of aromatic nitrogens is 2. The summed E-state index contributed by atoms with van der Waals surface area (Å²) in [5, 5.41) is 14.1. The third-order valence-electron chi connectivity index (χ3n) is 14.2. The van der Waals surface area contributed by atoms with Gasteiger partial charge in [0.1, 0.15) is 0 Å². The molecule has 0 fully saturated rings. The van der Waals surface area contributed by atoms with Crippen LogP contribution in [0.4, 0.5) is 0 Å². The zero-order valence-electron chi connectivity index (χ0n) is 46.1. The van der Waals surface area contributed by atoms with Gasteiger partial charge in [0.15, 0.2) is 8.07 Å². The molecule has 0 spiro atoms. The Hall–Kier alpha value is -8.76. The number of fused-ring (bicyclic) bond motifs is 13. The van der Waals surface area contributed by atoms with Gasteiger partial charge in [-0.2, -0.15) is 0 Å². The van der Waals surface area contributed by atoms with Crippen LogP contribution in [-0.2, 0) is 0 Å². The van der Waals surface area contributed by atoms with Crippen molar-refractivity contribution in [3.8, 4) is 22.5 Å². The van der Waals surface area contributed by atoms with E-state index in [-0.39, 0.29) is 28.4 Å². The molecular formula is C66H44N2Si. The summed E-state index contributed by atoms with van der Waals surface area (Å²) in [6.07, 6.45) is 0. The third-order valence-corrected chi connectivity index (χ3v) is 18.8. The number of benzene rings is 12. The highest BCUT2D eigenvalue weighted by Gasteiger charge is 2.41. The van der Waals surface area contributed by atoms with Crippen molar-refractivity contribution in [2.45, 2.75) is 0 Å². The summed E-state index contributed by atoms with van der Waals surface area (Å²) in [5.74, 6) is 0. The Morgan fingerprint density at radius 3 is 1.39 bits per heavy atom. The summed E-state index contributed by atoms with van der Waals surface area (Å²) in [6, 6.07) is 68.7. The molecule has 14 rings (SSSR count). The molecule has 3 heteroatoms. The fraction of sp³-hybridized carbons (Fsp3) is 0. The SMILES string of the molecule is [2H]c1c([2H])c([2H])c(-c2c([2H])c([2H])c([2H])c([Si](c3ccccc3)(c3ccccc3)c3ccc(-n4c5ccc(-n6c7ccccc7c7ccccc76)cc5c5c6c7ccccc7c7ccccc7c6ccc54)cc3)c2[2H])c([2H])c1[2H]. The summed E-state index contributed by atoms with van der Waals surface area (Å²) in [5.41, 5.74) is 5.52. The van der Waals surface area contributed by atoms with Crippen molar-refractivity contribution in [3.63, 3.8) is 0 Å². The maximum atomic E-state index is 10.2. The number of hydrogen-bond acceptors (Lipinski definition) is 0. The van der Waals surface area contributed by atoms with Crippen LogP contribution in [-0.4, -0.2) is 17.2 Å². The standard InChI is InChI=1S/C66H44N2Si/c1-4-19-45(20-5-1)46-21-18-26-52(43-46)69(49-22-6-2-7-23-49,50-24-8-3-9-25-50)51-38-35-47(36-39-51)67-63-41-37-48(68-61-33-16-14-30-56(61)57-31-15-17-34-62(57)68)44-60(63)66-64(67)42-40-59-55-29-11-10-27-53(55)54-28-12-13-32-58(54)65(59)66/h1-44H/i1D,4D,5D,18D,19D,20D,21D,26D,43D. The summed E-state index contributed by atoms with van der Waals surface area (Å²) in [6.45, 7) is 0. The first-order valence-electron chi connectivity index (χ1n) is 27.7. The lowest BCUT2D eigenvalue weighted by Gasteiger charge is -2.35. The Balaban J connectivity index is 1.07. The highest BCUT2D eigenvalue weighted by molar-refractivity contribution is 7.20. The quantitative estimate of drug-likeness (QED) is 0.0857. The van der Waals surface area contributed by atoms with Crippen LogP contribution in [0, 0.1) is 0 Å². The van der Waals surface area contributed by atoms with Gasteiger partial charge in [-0.1, -0.05) is 218 Å². The normalized spacial score (nSPS) is 13.9. The average molecular weight is 902 g/mol. The second-order valence-corrected chi connectivity index (χ2v) is 21.4. The predicted molar refractivity (Wildman–Crippen MR) is 297 cm³/mol. The maximum Gasteiger partial charge on any atom is 0.179 e. The van der Waals surface area contributed by atoms with Gasteiger partial charge in [0, 0.05) is 38.3 Å². The van der Waals surface area contributed by atoms with Gasteiger partial charge in [-0.25, -0.2) is 0 Å². The van der Waals surface area contributed by atoms with Gasteiger partial charge < -0.3 is 9.13 Å². The van der Waals surface area contributed by atoms with Gasteiger partial charge in [0.25, 0.3) is 0 Å². The fourth-order valence-electron chi connectivity index (χ4n) is 11.3. The molecule has 322 valence electrons. The summed E-state index contributed by atoms with van der Waals surface area (Å²) >= 11 is 0. The van der Waals surface area contributed by atoms with Gasteiger partial charge in [-0.3, -0.25) is 0 Å². The minimum atomic E-state index is -3.92. The van der Waals surface area contributed by atoms with Crippen LogP contribution >= 0.6 is 0 Å². The van der Waals surface area contributed by atoms with E-state index in [9.17, 15) is 5.48 Å². The topological polar surface area (TPSA) is 9.86 Å². The molecule has 0 radical (unpaired) electrons. The molecule has 12 aromatic carbocycles. The van der Waals surface area contributed by atoms with E-state index >= 15 is 0 Å². The monoisotopic (exact) mass is 901 g/mol. The van der Waals surface area contributed by atoms with Crippen LogP contribution in [0.3, 0.4) is 0 Å². The van der Waals surface area contributed by atoms with E-state index in [1.807, 2.05) is 60.7 Å². The Labute approximate surface area is 413 Å². The largest absolute Gasteiger partial charge is 0.309 e. The Bertz CT molecular complexity index is 4680. The summed E-state index contributed by atoms with van der Waals surface area (Å²) in [4.78, 5) is 0. The van der Waals surface area contributed by atoms with Crippen molar-refractivity contribution in [3.05, 3.63) is 267 Å². The molecule has 0 amide bonds. The minimum absolute atomic E-state index is 0.176. The zero-order chi connectivity index (χ0) is 53.3. The molecule has 2 heterocycles. The number of para-hydroxylation sites is 2. The third kappa shape index (κ3) is 5.91. The molecule has 0 aliphatic heterocycles. The first-order valence-corrected chi connectivity index (χ1v) is 25.2. The van der Waals surface area contributed by atoms with Crippen LogP contribution < -0.4 is 20.7 Å². The van der Waals surface area contributed by atoms with Crippen molar-refractivity contribution in [2.24, 2.45) is 0 Å². The molecule has 69 heavy (non-hydrogen) atoms. The van der Waals surface area contributed by atoms with E-state index < -0.39 is 50.4 Å². The average Bonchev–Trinajstić information content (AvgIpc) is 4.18. The number of rotatable bonds is 7. The smallest absolute Gasteiger partial charge is 0.179 e. The molecule has 0 N–H and O–H groups in total. The van der Waals surface area contributed by atoms with Gasteiger partial charge in [-0.05, 0) is 107 Å². The van der Waals surface area contributed by atoms with Crippen molar-refractivity contribution in [2.75, 3.05) is 0 Å². The second-order valence-electron chi connectivity index (χ2n) is 17.7. The second kappa shape index (κ2) is 15.7. The lowest BCUT2D eigenvalue weighted by atomic mass is 9.92. The molecule has 0 unspecified atom stereocenters. The van der Waals surface area contributed by atoms with E-state index in [1.165, 1.54) is 26.9 Å². The maximum absolute atomic E-state index is 10.2. The predicted octanol–water partition coefficient (Wildman–Crippen LogP) is 14.4. The highest BCUT2D eigenvalue weighted by atomic mass is 28.3. The van der Waals surface area contributed by atoms with Gasteiger partial charge in [-0.15, -0.1) is 0 Å². The molecule has 0 aliphatic carbocycles. The van der Waals surface area contributed by atoms with Gasteiger partial charge >= 0.3 is 0 Å². The van der Waals surface area contributed by atoms with Gasteiger partial charge in [0.05, 0.1) is 34.4 Å². The Morgan fingerprint density at radius 2 is 0.754 bits per heavy atom. The highest BCUT2D eigenvalue weighted by Crippen LogP contribution is 2.44. The lowest BCUT2D eigenvalue weighted by Crippen LogP contribution is -2.74. The lowest BCUT2D eigenvalue weighted by molar-refractivity contribution is 1.17. The molecule has 0 aliphatic rings. The number of nitrogens with zero attached hydrogens (tertiary/aromatic N) is 2. The number of hydrogen-bond donors (Lipinski definition) is 0. The first-order chi connectivity index (χ1) is 38.0. The van der Waals surface area contributed by atoms with E-state index in [2.05, 4.69) is 161 Å². The zero-order valence-corrected chi connectivity index (χ0v) is 38.1. The Kier molecular flexibility index (Phi) is 7.10. The Morgan fingerprint density at radius 1 is 0.290 bits per heavy atom.